The zero-order chi connectivity index (χ0) is 6.97. The van der Waals surface area contributed by atoms with Crippen molar-refractivity contribution < 1.29 is 0 Å². The fraction of sp³-hybridized carbons (Fsp3) is 0.200. The van der Waals surface area contributed by atoms with E-state index in [4.69, 9.17) is 0 Å². The average molecular weight is 130 g/mol. The Morgan fingerprint density at radius 3 is 2.00 bits per heavy atom. The van der Waals surface area contributed by atoms with E-state index >= 15 is 0 Å². The predicted octanol–water partition coefficient (Wildman–Crippen LogP) is 2.76. The lowest BCUT2D eigenvalue weighted by atomic mass is 9.98. The van der Waals surface area contributed by atoms with Gasteiger partial charge in [0, 0.05) is 0 Å². The maximum Gasteiger partial charge on any atom is -0.00943 e. The SMILES string of the molecule is C=C1C=C2CC=CCC2=C1. The Labute approximate surface area is 61.3 Å². The molecule has 0 nitrogen and oxygen atoms in total. The fourth-order valence-corrected chi connectivity index (χ4v) is 1.48. The van der Waals surface area contributed by atoms with Gasteiger partial charge in [-0.25, -0.2) is 0 Å². The molecule has 0 heteroatoms. The van der Waals surface area contributed by atoms with Crippen molar-refractivity contribution in [2.24, 2.45) is 0 Å². The summed E-state index contributed by atoms with van der Waals surface area (Å²) < 4.78 is 0. The summed E-state index contributed by atoms with van der Waals surface area (Å²) in [5.41, 5.74) is 4.09. The Balaban J connectivity index is 2.41. The second-order valence-corrected chi connectivity index (χ2v) is 2.79. The van der Waals surface area contributed by atoms with E-state index in [-0.39, 0.29) is 0 Å². The molecule has 0 aromatic heterocycles. The van der Waals surface area contributed by atoms with Crippen molar-refractivity contribution in [2.45, 2.75) is 12.8 Å². The van der Waals surface area contributed by atoms with Crippen LogP contribution >= 0.6 is 0 Å². The van der Waals surface area contributed by atoms with Crippen LogP contribution in [0.25, 0.3) is 0 Å². The largest absolute Gasteiger partial charge is 0.0917 e. The van der Waals surface area contributed by atoms with E-state index < -0.39 is 0 Å². The molecular weight excluding hydrogens is 120 g/mol. The first kappa shape index (κ1) is 5.72. The first-order valence-electron chi connectivity index (χ1n) is 3.62. The molecule has 0 aromatic rings. The molecule has 10 heavy (non-hydrogen) atoms. The quantitative estimate of drug-likeness (QED) is 0.442. The van der Waals surface area contributed by atoms with Gasteiger partial charge in [-0.2, -0.15) is 0 Å². The van der Waals surface area contributed by atoms with E-state index in [2.05, 4.69) is 30.9 Å². The summed E-state index contributed by atoms with van der Waals surface area (Å²) >= 11 is 0. The summed E-state index contributed by atoms with van der Waals surface area (Å²) in [6.45, 7) is 3.90. The van der Waals surface area contributed by atoms with Gasteiger partial charge in [-0.3, -0.25) is 0 Å². The minimum absolute atomic E-state index is 1.10. The Bertz CT molecular complexity index is 236. The minimum Gasteiger partial charge on any atom is -0.0917 e. The Morgan fingerprint density at radius 1 is 1.00 bits per heavy atom. The zero-order valence-corrected chi connectivity index (χ0v) is 5.93. The lowest BCUT2D eigenvalue weighted by Crippen LogP contribution is -1.88. The van der Waals surface area contributed by atoms with Gasteiger partial charge in [0.25, 0.3) is 0 Å². The molecule has 0 radical (unpaired) electrons. The molecule has 0 N–H and O–H groups in total. The van der Waals surface area contributed by atoms with Crippen LogP contribution in [0.3, 0.4) is 0 Å². The third-order valence-corrected chi connectivity index (χ3v) is 1.97. The summed E-state index contributed by atoms with van der Waals surface area (Å²) in [5.74, 6) is 0. The van der Waals surface area contributed by atoms with Crippen LogP contribution in [-0.4, -0.2) is 0 Å². The van der Waals surface area contributed by atoms with Crippen LogP contribution in [0.5, 0.6) is 0 Å². The number of fused-ring (bicyclic) bond motifs is 1. The highest BCUT2D eigenvalue weighted by molar-refractivity contribution is 5.53. The zero-order valence-electron chi connectivity index (χ0n) is 5.93. The predicted molar refractivity (Wildman–Crippen MR) is 43.7 cm³/mol. The molecule has 0 saturated carbocycles. The normalized spacial score (nSPS) is 22.2. The summed E-state index contributed by atoms with van der Waals surface area (Å²) in [6.07, 6.45) is 11.0. The van der Waals surface area contributed by atoms with E-state index in [1.165, 1.54) is 11.1 Å². The summed E-state index contributed by atoms with van der Waals surface area (Å²) in [5, 5.41) is 0. The Hall–Kier alpha value is -1.04. The maximum absolute atomic E-state index is 3.90. The minimum atomic E-state index is 1.10. The number of hydrogen-bond acceptors (Lipinski definition) is 0. The number of rotatable bonds is 0. The van der Waals surface area contributed by atoms with E-state index in [0.29, 0.717) is 0 Å². The van der Waals surface area contributed by atoms with Gasteiger partial charge >= 0.3 is 0 Å². The Kier molecular flexibility index (Phi) is 1.13. The molecule has 2 aliphatic carbocycles. The van der Waals surface area contributed by atoms with E-state index in [1.807, 2.05) is 0 Å². The van der Waals surface area contributed by atoms with Crippen LogP contribution in [0.1, 0.15) is 12.8 Å². The molecule has 50 valence electrons. The molecule has 0 spiro atoms. The molecule has 0 unspecified atom stereocenters. The monoisotopic (exact) mass is 130 g/mol. The van der Waals surface area contributed by atoms with Crippen LogP contribution in [-0.2, 0) is 0 Å². The van der Waals surface area contributed by atoms with Crippen LogP contribution in [0.15, 0.2) is 47.6 Å². The fourth-order valence-electron chi connectivity index (χ4n) is 1.48. The molecule has 0 fully saturated rings. The van der Waals surface area contributed by atoms with Crippen LogP contribution in [0, 0.1) is 0 Å². The van der Waals surface area contributed by atoms with E-state index in [0.717, 1.165) is 18.4 Å². The third kappa shape index (κ3) is 0.766. The van der Waals surface area contributed by atoms with Gasteiger partial charge in [-0.1, -0.05) is 30.9 Å². The summed E-state index contributed by atoms with van der Waals surface area (Å²) in [7, 11) is 0. The molecular formula is C10H10. The van der Waals surface area contributed by atoms with Crippen molar-refractivity contribution in [3.05, 3.63) is 47.6 Å². The maximum atomic E-state index is 3.90. The molecule has 0 amide bonds. The first-order valence-corrected chi connectivity index (χ1v) is 3.62. The molecule has 0 saturated heterocycles. The lowest BCUT2D eigenvalue weighted by Gasteiger charge is -2.07. The Morgan fingerprint density at radius 2 is 1.50 bits per heavy atom. The smallest absolute Gasteiger partial charge is 0.00943 e. The highest BCUT2D eigenvalue weighted by Crippen LogP contribution is 2.30. The van der Waals surface area contributed by atoms with Crippen molar-refractivity contribution in [2.75, 3.05) is 0 Å². The van der Waals surface area contributed by atoms with Gasteiger partial charge in [0.15, 0.2) is 0 Å². The summed E-state index contributed by atoms with van der Waals surface area (Å²) in [6, 6.07) is 0. The molecule has 2 rings (SSSR count). The lowest BCUT2D eigenvalue weighted by molar-refractivity contribution is 1.10. The topological polar surface area (TPSA) is 0 Å². The highest BCUT2D eigenvalue weighted by Gasteiger charge is 2.11. The van der Waals surface area contributed by atoms with Crippen LogP contribution in [0.4, 0.5) is 0 Å². The van der Waals surface area contributed by atoms with Gasteiger partial charge < -0.3 is 0 Å². The van der Waals surface area contributed by atoms with Crippen LogP contribution < -0.4 is 0 Å². The van der Waals surface area contributed by atoms with Crippen molar-refractivity contribution in [1.82, 2.24) is 0 Å². The van der Waals surface area contributed by atoms with Crippen molar-refractivity contribution in [3.8, 4) is 0 Å². The average Bonchev–Trinajstić information content (AvgIpc) is 2.27. The first-order chi connectivity index (χ1) is 4.86. The second kappa shape index (κ2) is 1.98. The van der Waals surface area contributed by atoms with Gasteiger partial charge in [-0.15, -0.1) is 0 Å². The molecule has 0 heterocycles. The van der Waals surface area contributed by atoms with Crippen molar-refractivity contribution in [3.63, 3.8) is 0 Å². The molecule has 0 bridgehead atoms. The van der Waals surface area contributed by atoms with Gasteiger partial charge in [-0.05, 0) is 29.6 Å². The van der Waals surface area contributed by atoms with Crippen molar-refractivity contribution >= 4 is 0 Å². The molecule has 0 atom stereocenters. The van der Waals surface area contributed by atoms with Crippen LogP contribution in [0.2, 0.25) is 0 Å². The number of hydrogen-bond donors (Lipinski definition) is 0. The number of allylic oxidation sites excluding steroid dienone is 7. The van der Waals surface area contributed by atoms with E-state index in [9.17, 15) is 0 Å². The van der Waals surface area contributed by atoms with Crippen molar-refractivity contribution in [1.29, 1.82) is 0 Å². The van der Waals surface area contributed by atoms with Gasteiger partial charge in [0.2, 0.25) is 0 Å². The van der Waals surface area contributed by atoms with Gasteiger partial charge in [0.1, 0.15) is 0 Å². The molecule has 0 aliphatic heterocycles. The second-order valence-electron chi connectivity index (χ2n) is 2.79. The molecule has 0 aromatic carbocycles. The highest BCUT2D eigenvalue weighted by atomic mass is 14.2. The summed E-state index contributed by atoms with van der Waals surface area (Å²) in [4.78, 5) is 0. The standard InChI is InChI=1S/C10H10/c1-8-6-9-4-2-3-5-10(9)7-8/h2-3,6-7H,1,4-5H2. The van der Waals surface area contributed by atoms with E-state index in [1.54, 1.807) is 0 Å². The van der Waals surface area contributed by atoms with Gasteiger partial charge in [0.05, 0.1) is 0 Å². The molecule has 2 aliphatic rings. The third-order valence-electron chi connectivity index (χ3n) is 1.97.